The van der Waals surface area contributed by atoms with Gasteiger partial charge in [0, 0.05) is 36.1 Å². The molecule has 1 saturated heterocycles. The number of amides is 1. The molecule has 0 spiro atoms. The van der Waals surface area contributed by atoms with Gasteiger partial charge in [0.05, 0.1) is 5.69 Å². The third-order valence-corrected chi connectivity index (χ3v) is 5.82. The Balaban J connectivity index is 1.29. The average molecular weight is 421 g/mol. The molecule has 2 aromatic carbocycles. The van der Waals surface area contributed by atoms with Crippen LogP contribution in [0.2, 0.25) is 5.02 Å². The normalized spacial score (nSPS) is 14.5. The molecule has 3 aromatic rings. The van der Waals surface area contributed by atoms with E-state index in [2.05, 4.69) is 51.6 Å². The zero-order valence-corrected chi connectivity index (χ0v) is 17.8. The van der Waals surface area contributed by atoms with Crippen LogP contribution >= 0.6 is 11.6 Å². The van der Waals surface area contributed by atoms with Gasteiger partial charge in [-0.15, -0.1) is 10.2 Å². The van der Waals surface area contributed by atoms with Crippen molar-refractivity contribution < 1.29 is 4.79 Å². The minimum absolute atomic E-state index is 0.0355. The van der Waals surface area contributed by atoms with Crippen molar-refractivity contribution >= 4 is 23.3 Å². The van der Waals surface area contributed by atoms with E-state index in [4.69, 9.17) is 11.6 Å². The lowest BCUT2D eigenvalue weighted by molar-refractivity contribution is -0.125. The molecule has 30 heavy (non-hydrogen) atoms. The molecule has 0 atom stereocenters. The fourth-order valence-corrected chi connectivity index (χ4v) is 3.80. The highest BCUT2D eigenvalue weighted by Gasteiger charge is 2.25. The molecule has 1 N–H and O–H groups in total. The second-order valence-corrected chi connectivity index (χ2v) is 8.18. The average Bonchev–Trinajstić information content (AvgIpc) is 2.79. The molecular weight excluding hydrogens is 396 g/mol. The number of aryl methyl sites for hydroxylation is 1. The molecule has 4 rings (SSSR count). The molecule has 1 aromatic heterocycles. The van der Waals surface area contributed by atoms with Gasteiger partial charge in [-0.1, -0.05) is 53.6 Å². The van der Waals surface area contributed by atoms with E-state index in [1.165, 1.54) is 5.56 Å². The van der Waals surface area contributed by atoms with Crippen molar-refractivity contribution in [3.63, 3.8) is 0 Å². The zero-order chi connectivity index (χ0) is 20.9. The molecule has 2 heterocycles. The number of nitrogens with one attached hydrogen (secondary N) is 1. The third kappa shape index (κ3) is 4.97. The lowest BCUT2D eigenvalue weighted by atomic mass is 9.96. The number of carbonyl (C=O) groups is 1. The summed E-state index contributed by atoms with van der Waals surface area (Å²) in [6, 6.07) is 19.9. The Morgan fingerprint density at radius 1 is 1.00 bits per heavy atom. The largest absolute Gasteiger partial charge is 0.355 e. The molecule has 1 aliphatic rings. The number of nitrogens with zero attached hydrogens (tertiary/aromatic N) is 3. The Hall–Kier alpha value is -2.92. The van der Waals surface area contributed by atoms with Crippen LogP contribution in [0, 0.1) is 12.8 Å². The lowest BCUT2D eigenvalue weighted by Crippen LogP contribution is -2.40. The summed E-state index contributed by atoms with van der Waals surface area (Å²) in [5.41, 5.74) is 4.21. The van der Waals surface area contributed by atoms with Crippen molar-refractivity contribution in [2.45, 2.75) is 26.3 Å². The monoisotopic (exact) mass is 420 g/mol. The van der Waals surface area contributed by atoms with Crippen LogP contribution in [0.3, 0.4) is 0 Å². The number of aromatic nitrogens is 2. The third-order valence-electron chi connectivity index (χ3n) is 5.57. The number of carbonyl (C=O) groups excluding carboxylic acids is 1. The second-order valence-electron chi connectivity index (χ2n) is 7.75. The van der Waals surface area contributed by atoms with Gasteiger partial charge in [-0.05, 0) is 49.6 Å². The summed E-state index contributed by atoms with van der Waals surface area (Å²) in [4.78, 5) is 14.7. The Morgan fingerprint density at radius 3 is 2.33 bits per heavy atom. The van der Waals surface area contributed by atoms with Crippen LogP contribution in [-0.4, -0.2) is 29.2 Å². The predicted molar refractivity (Wildman–Crippen MR) is 120 cm³/mol. The predicted octanol–water partition coefficient (Wildman–Crippen LogP) is 4.64. The molecule has 1 aliphatic heterocycles. The van der Waals surface area contributed by atoms with E-state index in [0.29, 0.717) is 11.6 Å². The van der Waals surface area contributed by atoms with E-state index >= 15 is 0 Å². The Bertz CT molecular complexity index is 979. The summed E-state index contributed by atoms with van der Waals surface area (Å²) < 4.78 is 0. The van der Waals surface area contributed by atoms with E-state index < -0.39 is 0 Å². The summed E-state index contributed by atoms with van der Waals surface area (Å²) in [7, 11) is 0. The summed E-state index contributed by atoms with van der Waals surface area (Å²) in [5, 5.41) is 12.6. The van der Waals surface area contributed by atoms with Gasteiger partial charge < -0.3 is 10.2 Å². The van der Waals surface area contributed by atoms with Gasteiger partial charge in [-0.2, -0.15) is 0 Å². The topological polar surface area (TPSA) is 58.1 Å². The molecule has 1 fully saturated rings. The second kappa shape index (κ2) is 9.26. The van der Waals surface area contributed by atoms with Gasteiger partial charge in [0.2, 0.25) is 5.91 Å². The fourth-order valence-electron chi connectivity index (χ4n) is 3.68. The summed E-state index contributed by atoms with van der Waals surface area (Å²) >= 11 is 5.90. The van der Waals surface area contributed by atoms with Crippen LogP contribution in [0.5, 0.6) is 0 Å². The highest BCUT2D eigenvalue weighted by atomic mass is 35.5. The van der Waals surface area contributed by atoms with E-state index in [1.54, 1.807) is 0 Å². The zero-order valence-electron chi connectivity index (χ0n) is 17.0. The first-order valence-corrected chi connectivity index (χ1v) is 10.6. The molecule has 0 saturated carbocycles. The maximum absolute atomic E-state index is 12.5. The molecule has 1 amide bonds. The molecule has 0 bridgehead atoms. The summed E-state index contributed by atoms with van der Waals surface area (Å²) in [5.74, 6) is 1.02. The Kier molecular flexibility index (Phi) is 6.29. The number of halogens is 1. The van der Waals surface area contributed by atoms with E-state index in [1.807, 2.05) is 36.4 Å². The van der Waals surface area contributed by atoms with E-state index in [-0.39, 0.29) is 11.8 Å². The number of benzene rings is 2. The maximum Gasteiger partial charge on any atom is 0.223 e. The van der Waals surface area contributed by atoms with Gasteiger partial charge in [0.15, 0.2) is 5.82 Å². The van der Waals surface area contributed by atoms with Crippen molar-refractivity contribution in [1.82, 2.24) is 15.5 Å². The summed E-state index contributed by atoms with van der Waals surface area (Å²) in [6.45, 7) is 4.21. The van der Waals surface area contributed by atoms with Crippen molar-refractivity contribution in [2.75, 3.05) is 18.0 Å². The van der Waals surface area contributed by atoms with Crippen molar-refractivity contribution in [3.8, 4) is 11.3 Å². The first-order chi connectivity index (χ1) is 14.6. The Labute approximate surface area is 182 Å². The van der Waals surface area contributed by atoms with E-state index in [0.717, 1.165) is 48.6 Å². The molecule has 0 unspecified atom stereocenters. The maximum atomic E-state index is 12.5. The molecular formula is C24H25ClN4O. The first-order valence-electron chi connectivity index (χ1n) is 10.3. The molecule has 5 nitrogen and oxygen atoms in total. The van der Waals surface area contributed by atoms with Crippen molar-refractivity contribution in [3.05, 3.63) is 76.8 Å². The number of anilines is 1. The van der Waals surface area contributed by atoms with Crippen LogP contribution in [-0.2, 0) is 11.3 Å². The smallest absolute Gasteiger partial charge is 0.223 e. The van der Waals surface area contributed by atoms with Gasteiger partial charge in [0.1, 0.15) is 0 Å². The quantitative estimate of drug-likeness (QED) is 0.653. The number of piperidine rings is 1. The summed E-state index contributed by atoms with van der Waals surface area (Å²) in [6.07, 6.45) is 1.63. The number of hydrogen-bond donors (Lipinski definition) is 1. The Morgan fingerprint density at radius 2 is 1.70 bits per heavy atom. The van der Waals surface area contributed by atoms with Gasteiger partial charge in [0.25, 0.3) is 0 Å². The molecule has 154 valence electrons. The first kappa shape index (κ1) is 20.4. The number of hydrogen-bond acceptors (Lipinski definition) is 4. The minimum Gasteiger partial charge on any atom is -0.355 e. The van der Waals surface area contributed by atoms with Crippen LogP contribution in [0.25, 0.3) is 11.3 Å². The van der Waals surface area contributed by atoms with E-state index in [9.17, 15) is 4.79 Å². The van der Waals surface area contributed by atoms with Crippen LogP contribution < -0.4 is 10.2 Å². The van der Waals surface area contributed by atoms with Crippen molar-refractivity contribution in [1.29, 1.82) is 0 Å². The highest BCUT2D eigenvalue weighted by Crippen LogP contribution is 2.24. The van der Waals surface area contributed by atoms with Gasteiger partial charge >= 0.3 is 0 Å². The van der Waals surface area contributed by atoms with Gasteiger partial charge in [-0.3, -0.25) is 4.79 Å². The highest BCUT2D eigenvalue weighted by molar-refractivity contribution is 6.30. The van der Waals surface area contributed by atoms with Crippen LogP contribution in [0.4, 0.5) is 5.82 Å². The number of rotatable bonds is 5. The van der Waals surface area contributed by atoms with Crippen molar-refractivity contribution in [2.24, 2.45) is 5.92 Å². The fraction of sp³-hybridized carbons (Fsp3) is 0.292. The van der Waals surface area contributed by atoms with Crippen LogP contribution in [0.1, 0.15) is 24.0 Å². The lowest BCUT2D eigenvalue weighted by Gasteiger charge is -2.31. The molecule has 0 radical (unpaired) electrons. The minimum atomic E-state index is 0.0355. The SMILES string of the molecule is Cc1ccc(-c2ccc(N3CCC(C(=O)NCc4ccc(Cl)cc4)CC3)nn2)cc1. The van der Waals surface area contributed by atoms with Gasteiger partial charge in [-0.25, -0.2) is 0 Å². The standard InChI is InChI=1S/C24H25ClN4O/c1-17-2-6-19(7-3-17)22-10-11-23(28-27-22)29-14-12-20(13-15-29)24(30)26-16-18-4-8-21(25)9-5-18/h2-11,20H,12-16H2,1H3,(H,26,30). The molecule has 6 heteroatoms. The van der Waals surface area contributed by atoms with Crippen LogP contribution in [0.15, 0.2) is 60.7 Å². The molecule has 0 aliphatic carbocycles.